The van der Waals surface area contributed by atoms with Gasteiger partial charge in [0.1, 0.15) is 5.75 Å². The monoisotopic (exact) mass is 400 g/mol. The molecule has 1 atom stereocenters. The van der Waals surface area contributed by atoms with E-state index in [4.69, 9.17) is 16.3 Å². The summed E-state index contributed by atoms with van der Waals surface area (Å²) in [7, 11) is 1.67. The molecule has 0 unspecified atom stereocenters. The molecule has 2 amide bonds. The number of methoxy groups -OCH3 is 1. The number of para-hydroxylation sites is 2. The molecule has 2 aliphatic rings. The first-order chi connectivity index (χ1) is 13.6. The molecule has 0 bridgehead atoms. The van der Waals surface area contributed by atoms with Gasteiger partial charge in [0.05, 0.1) is 51.1 Å². The highest BCUT2D eigenvalue weighted by atomic mass is 35.5. The summed E-state index contributed by atoms with van der Waals surface area (Å²) in [4.78, 5) is 30.3. The van der Waals surface area contributed by atoms with Gasteiger partial charge in [-0.25, -0.2) is 4.90 Å². The Balaban J connectivity index is 1.45. The van der Waals surface area contributed by atoms with Crippen LogP contribution in [-0.2, 0) is 9.59 Å². The number of nitrogens with one attached hydrogen (secondary N) is 1. The lowest BCUT2D eigenvalue weighted by molar-refractivity contribution is -0.915. The second-order valence-electron chi connectivity index (χ2n) is 7.12. The third-order valence-electron chi connectivity index (χ3n) is 5.54. The predicted molar refractivity (Wildman–Crippen MR) is 108 cm³/mol. The molecule has 4 rings (SSSR count). The van der Waals surface area contributed by atoms with Gasteiger partial charge >= 0.3 is 0 Å². The molecule has 0 radical (unpaired) electrons. The minimum Gasteiger partial charge on any atom is -0.495 e. The van der Waals surface area contributed by atoms with Gasteiger partial charge in [-0.1, -0.05) is 29.8 Å². The Morgan fingerprint density at radius 3 is 2.54 bits per heavy atom. The number of halogens is 1. The van der Waals surface area contributed by atoms with Crippen LogP contribution in [0, 0.1) is 0 Å². The zero-order chi connectivity index (χ0) is 19.7. The van der Waals surface area contributed by atoms with Gasteiger partial charge in [-0.05, 0) is 30.3 Å². The Morgan fingerprint density at radius 2 is 1.82 bits per heavy atom. The molecule has 2 aromatic rings. The van der Waals surface area contributed by atoms with Gasteiger partial charge in [-0.3, -0.25) is 9.59 Å². The standard InChI is InChI=1S/C21H22ClN3O3/c1-28-19-8-3-2-7-17(19)23-9-11-24(12-10-23)18-14-20(26)25(21(18)27)16-6-4-5-15(22)13-16/h2-8,13,18H,9-12,14H2,1H3/p+1/t18-/m1/s1. The Hall–Kier alpha value is -2.57. The minimum absolute atomic E-state index is 0.131. The minimum atomic E-state index is -0.327. The van der Waals surface area contributed by atoms with Crippen molar-refractivity contribution in [2.45, 2.75) is 12.5 Å². The van der Waals surface area contributed by atoms with E-state index in [0.29, 0.717) is 10.7 Å². The second kappa shape index (κ2) is 7.81. The second-order valence-corrected chi connectivity index (χ2v) is 7.56. The maximum Gasteiger partial charge on any atom is 0.292 e. The lowest BCUT2D eigenvalue weighted by Gasteiger charge is -2.36. The fraction of sp³-hybridized carbons (Fsp3) is 0.333. The van der Waals surface area contributed by atoms with Gasteiger partial charge in [0.25, 0.3) is 5.91 Å². The van der Waals surface area contributed by atoms with Crippen molar-refractivity contribution in [3.05, 3.63) is 53.6 Å². The molecule has 7 heteroatoms. The SMILES string of the molecule is COc1ccccc1N1CC[NH+]([C@@H]2CC(=O)N(c3cccc(Cl)c3)C2=O)CC1. The number of anilines is 2. The van der Waals surface area contributed by atoms with Crippen molar-refractivity contribution >= 4 is 34.8 Å². The first-order valence-electron chi connectivity index (χ1n) is 9.43. The lowest BCUT2D eigenvalue weighted by Crippen LogP contribution is -3.19. The average molecular weight is 401 g/mol. The van der Waals surface area contributed by atoms with Crippen LogP contribution in [0.15, 0.2) is 48.5 Å². The third kappa shape index (κ3) is 3.45. The highest BCUT2D eigenvalue weighted by Crippen LogP contribution is 2.28. The highest BCUT2D eigenvalue weighted by Gasteiger charge is 2.46. The van der Waals surface area contributed by atoms with Crippen LogP contribution in [0.25, 0.3) is 0 Å². The van der Waals surface area contributed by atoms with Crippen molar-refractivity contribution in [1.29, 1.82) is 0 Å². The summed E-state index contributed by atoms with van der Waals surface area (Å²) in [6.45, 7) is 3.21. The van der Waals surface area contributed by atoms with Crippen LogP contribution in [0.4, 0.5) is 11.4 Å². The molecule has 2 fully saturated rings. The average Bonchev–Trinajstić information content (AvgIpc) is 3.02. The van der Waals surface area contributed by atoms with Gasteiger partial charge in [0.2, 0.25) is 5.91 Å². The van der Waals surface area contributed by atoms with Crippen molar-refractivity contribution in [2.75, 3.05) is 43.1 Å². The van der Waals surface area contributed by atoms with Crippen molar-refractivity contribution in [3.63, 3.8) is 0 Å². The smallest absolute Gasteiger partial charge is 0.292 e. The number of amides is 2. The fourth-order valence-corrected chi connectivity index (χ4v) is 4.30. The van der Waals surface area contributed by atoms with Crippen LogP contribution in [0.5, 0.6) is 5.75 Å². The number of hydrogen-bond donors (Lipinski definition) is 1. The van der Waals surface area contributed by atoms with Crippen LogP contribution >= 0.6 is 11.6 Å². The van der Waals surface area contributed by atoms with E-state index >= 15 is 0 Å². The Kier molecular flexibility index (Phi) is 5.24. The van der Waals surface area contributed by atoms with Crippen LogP contribution in [0.1, 0.15) is 6.42 Å². The topological polar surface area (TPSA) is 54.3 Å². The molecule has 0 aliphatic carbocycles. The van der Waals surface area contributed by atoms with Crippen molar-refractivity contribution in [2.24, 2.45) is 0 Å². The molecule has 0 saturated carbocycles. The molecule has 0 spiro atoms. The van der Waals surface area contributed by atoms with E-state index in [1.807, 2.05) is 18.2 Å². The normalized spacial score (nSPS) is 20.7. The number of nitrogens with zero attached hydrogens (tertiary/aromatic N) is 2. The van der Waals surface area contributed by atoms with Crippen molar-refractivity contribution < 1.29 is 19.2 Å². The highest BCUT2D eigenvalue weighted by molar-refractivity contribution is 6.31. The molecule has 2 aromatic carbocycles. The fourth-order valence-electron chi connectivity index (χ4n) is 4.11. The number of rotatable bonds is 4. The van der Waals surface area contributed by atoms with E-state index < -0.39 is 0 Å². The Morgan fingerprint density at radius 1 is 1.07 bits per heavy atom. The third-order valence-corrected chi connectivity index (χ3v) is 5.77. The Bertz CT molecular complexity index is 896. The summed E-state index contributed by atoms with van der Waals surface area (Å²) in [6, 6.07) is 14.5. The first kappa shape index (κ1) is 18.8. The number of benzene rings is 2. The Labute approximate surface area is 169 Å². The van der Waals surface area contributed by atoms with Gasteiger partial charge in [-0.2, -0.15) is 0 Å². The maximum absolute atomic E-state index is 13.0. The molecular weight excluding hydrogens is 378 g/mol. The zero-order valence-electron chi connectivity index (χ0n) is 15.7. The quantitative estimate of drug-likeness (QED) is 0.788. The molecule has 0 aromatic heterocycles. The molecule has 2 aliphatic heterocycles. The maximum atomic E-state index is 13.0. The van der Waals surface area contributed by atoms with E-state index in [0.717, 1.165) is 42.5 Å². The van der Waals surface area contributed by atoms with Gasteiger partial charge in [0.15, 0.2) is 6.04 Å². The molecule has 2 heterocycles. The zero-order valence-corrected chi connectivity index (χ0v) is 16.5. The predicted octanol–water partition coefficient (Wildman–Crippen LogP) is 1.39. The molecule has 146 valence electrons. The van der Waals surface area contributed by atoms with Crippen LogP contribution in [-0.4, -0.2) is 51.1 Å². The summed E-state index contributed by atoms with van der Waals surface area (Å²) >= 11 is 6.03. The van der Waals surface area contributed by atoms with Crippen molar-refractivity contribution in [1.82, 2.24) is 0 Å². The van der Waals surface area contributed by atoms with E-state index in [-0.39, 0.29) is 24.3 Å². The number of ether oxygens (including phenoxy) is 1. The number of carbonyl (C=O) groups is 2. The van der Waals surface area contributed by atoms with E-state index in [1.165, 1.54) is 4.90 Å². The summed E-state index contributed by atoms with van der Waals surface area (Å²) in [6.07, 6.45) is 0.245. The molecule has 28 heavy (non-hydrogen) atoms. The van der Waals surface area contributed by atoms with Gasteiger partial charge in [0, 0.05) is 5.02 Å². The number of quaternary nitrogens is 1. The number of carbonyl (C=O) groups excluding carboxylic acids is 2. The number of imide groups is 1. The van der Waals surface area contributed by atoms with Crippen LogP contribution < -0.4 is 19.4 Å². The van der Waals surface area contributed by atoms with E-state index in [1.54, 1.807) is 31.4 Å². The largest absolute Gasteiger partial charge is 0.495 e. The first-order valence-corrected chi connectivity index (χ1v) is 9.81. The van der Waals surface area contributed by atoms with Crippen LogP contribution in [0.2, 0.25) is 5.02 Å². The van der Waals surface area contributed by atoms with E-state index in [2.05, 4.69) is 11.0 Å². The van der Waals surface area contributed by atoms with Gasteiger partial charge in [-0.15, -0.1) is 0 Å². The lowest BCUT2D eigenvalue weighted by atomic mass is 10.1. The molecule has 2 saturated heterocycles. The number of hydrogen-bond acceptors (Lipinski definition) is 4. The summed E-state index contributed by atoms with van der Waals surface area (Å²) < 4.78 is 5.46. The molecular formula is C21H23ClN3O3+. The summed E-state index contributed by atoms with van der Waals surface area (Å²) in [5.74, 6) is 0.565. The molecule has 1 N–H and O–H groups in total. The number of piperazine rings is 1. The van der Waals surface area contributed by atoms with Crippen molar-refractivity contribution in [3.8, 4) is 5.75 Å². The summed E-state index contributed by atoms with van der Waals surface area (Å²) in [5, 5.41) is 0.513. The van der Waals surface area contributed by atoms with E-state index in [9.17, 15) is 9.59 Å². The molecule has 6 nitrogen and oxygen atoms in total. The summed E-state index contributed by atoms with van der Waals surface area (Å²) in [5.41, 5.74) is 1.62. The van der Waals surface area contributed by atoms with Crippen LogP contribution in [0.3, 0.4) is 0 Å². The van der Waals surface area contributed by atoms with Gasteiger partial charge < -0.3 is 14.5 Å².